The van der Waals surface area contributed by atoms with Crippen LogP contribution in [0, 0.1) is 0 Å². The molecule has 0 amide bonds. The third-order valence-corrected chi connectivity index (χ3v) is 3.27. The summed E-state index contributed by atoms with van der Waals surface area (Å²) < 4.78 is 4.95. The van der Waals surface area contributed by atoms with Gasteiger partial charge < -0.3 is 4.74 Å². The molecule has 0 atom stereocenters. The highest BCUT2D eigenvalue weighted by Crippen LogP contribution is 2.19. The van der Waals surface area contributed by atoms with E-state index in [0.717, 1.165) is 12.0 Å². The summed E-state index contributed by atoms with van der Waals surface area (Å²) >= 11 is 0. The molecule has 0 aromatic heterocycles. The monoisotopic (exact) mass is 268 g/mol. The molecule has 104 valence electrons. The van der Waals surface area contributed by atoms with Crippen molar-refractivity contribution in [2.24, 2.45) is 0 Å². The third-order valence-electron chi connectivity index (χ3n) is 3.27. The first-order valence-corrected chi connectivity index (χ1v) is 6.94. The summed E-state index contributed by atoms with van der Waals surface area (Å²) in [6.45, 7) is 0.651. The Morgan fingerprint density at radius 3 is 2.25 bits per heavy atom. The van der Waals surface area contributed by atoms with Gasteiger partial charge in [-0.25, -0.2) is 0 Å². The fourth-order valence-electron chi connectivity index (χ4n) is 2.18. The van der Waals surface area contributed by atoms with E-state index in [9.17, 15) is 4.79 Å². The maximum atomic E-state index is 11.8. The number of hydrogen-bond donors (Lipinski definition) is 0. The number of rotatable bonds is 7. The van der Waals surface area contributed by atoms with Gasteiger partial charge in [-0.1, -0.05) is 54.6 Å². The molecule has 2 aromatic carbocycles. The molecule has 2 rings (SSSR count). The topological polar surface area (TPSA) is 26.3 Å². The van der Waals surface area contributed by atoms with E-state index < -0.39 is 0 Å². The molecule has 0 unspecified atom stereocenters. The van der Waals surface area contributed by atoms with Crippen molar-refractivity contribution >= 4 is 5.78 Å². The Morgan fingerprint density at radius 2 is 1.60 bits per heavy atom. The summed E-state index contributed by atoms with van der Waals surface area (Å²) in [7, 11) is 1.66. The van der Waals surface area contributed by atoms with E-state index in [4.69, 9.17) is 4.74 Å². The lowest BCUT2D eigenvalue weighted by Gasteiger charge is -2.04. The molecule has 0 saturated carbocycles. The summed E-state index contributed by atoms with van der Waals surface area (Å²) in [6, 6.07) is 18.5. The predicted molar refractivity (Wildman–Crippen MR) is 81.7 cm³/mol. The first-order chi connectivity index (χ1) is 9.79. The van der Waals surface area contributed by atoms with E-state index in [2.05, 4.69) is 24.3 Å². The van der Waals surface area contributed by atoms with Gasteiger partial charge in [-0.3, -0.25) is 4.79 Å². The highest BCUT2D eigenvalue weighted by Gasteiger charge is 2.04. The number of benzene rings is 2. The Labute approximate surface area is 120 Å². The summed E-state index contributed by atoms with van der Waals surface area (Å²) in [4.78, 5) is 11.8. The molecule has 0 bridgehead atoms. The molecule has 20 heavy (non-hydrogen) atoms. The van der Waals surface area contributed by atoms with Crippen molar-refractivity contribution in [3.63, 3.8) is 0 Å². The Balaban J connectivity index is 1.93. The quantitative estimate of drug-likeness (QED) is 0.712. The molecule has 0 radical (unpaired) electrons. The van der Waals surface area contributed by atoms with E-state index in [1.54, 1.807) is 7.11 Å². The molecule has 0 fully saturated rings. The number of methoxy groups -OCH3 is 1. The fraction of sp³-hybridized carbons (Fsp3) is 0.278. The van der Waals surface area contributed by atoms with Crippen molar-refractivity contribution in [3.8, 4) is 11.1 Å². The molecule has 0 aliphatic carbocycles. The van der Waals surface area contributed by atoms with Crippen LogP contribution in [0.2, 0.25) is 0 Å². The summed E-state index contributed by atoms with van der Waals surface area (Å²) in [6.07, 6.45) is 1.91. The van der Waals surface area contributed by atoms with Crippen molar-refractivity contribution in [1.82, 2.24) is 0 Å². The zero-order valence-corrected chi connectivity index (χ0v) is 11.8. The minimum atomic E-state index is 0.273. The van der Waals surface area contributed by atoms with Crippen molar-refractivity contribution < 1.29 is 9.53 Å². The van der Waals surface area contributed by atoms with Crippen LogP contribution in [-0.4, -0.2) is 19.5 Å². The molecule has 0 saturated heterocycles. The zero-order valence-electron chi connectivity index (χ0n) is 11.8. The maximum Gasteiger partial charge on any atom is 0.137 e. The van der Waals surface area contributed by atoms with E-state index in [1.165, 1.54) is 11.1 Å². The zero-order chi connectivity index (χ0) is 14.2. The third kappa shape index (κ3) is 4.32. The summed E-state index contributed by atoms with van der Waals surface area (Å²) in [5.74, 6) is 0.273. The van der Waals surface area contributed by atoms with Gasteiger partial charge in [0.2, 0.25) is 0 Å². The second-order valence-corrected chi connectivity index (χ2v) is 4.87. The Hall–Kier alpha value is -1.93. The molecule has 0 N–H and O–H groups in total. The lowest BCUT2D eigenvalue weighted by molar-refractivity contribution is -0.118. The van der Waals surface area contributed by atoms with Gasteiger partial charge >= 0.3 is 0 Å². The Morgan fingerprint density at radius 1 is 0.950 bits per heavy atom. The lowest BCUT2D eigenvalue weighted by Crippen LogP contribution is -2.04. The van der Waals surface area contributed by atoms with Crippen LogP contribution in [0.4, 0.5) is 0 Å². The SMILES string of the molecule is COCCCC(=O)Cc1ccc(-c2ccccc2)cc1. The van der Waals surface area contributed by atoms with Crippen LogP contribution in [0.25, 0.3) is 11.1 Å². The minimum absolute atomic E-state index is 0.273. The average Bonchev–Trinajstić information content (AvgIpc) is 2.49. The van der Waals surface area contributed by atoms with Crippen LogP contribution >= 0.6 is 0 Å². The number of hydrogen-bond acceptors (Lipinski definition) is 2. The first kappa shape index (κ1) is 14.5. The second kappa shape index (κ2) is 7.61. The van der Waals surface area contributed by atoms with Crippen LogP contribution < -0.4 is 0 Å². The normalized spacial score (nSPS) is 10.4. The van der Waals surface area contributed by atoms with E-state index in [1.807, 2.05) is 30.3 Å². The molecule has 2 nitrogen and oxygen atoms in total. The summed E-state index contributed by atoms with van der Waals surface area (Å²) in [5, 5.41) is 0. The number of carbonyl (C=O) groups excluding carboxylic acids is 1. The van der Waals surface area contributed by atoms with Gasteiger partial charge in [0, 0.05) is 26.6 Å². The van der Waals surface area contributed by atoms with Crippen LogP contribution in [0.15, 0.2) is 54.6 Å². The largest absolute Gasteiger partial charge is 0.385 e. The van der Waals surface area contributed by atoms with Crippen LogP contribution in [0.1, 0.15) is 18.4 Å². The molecule has 2 heteroatoms. The average molecular weight is 268 g/mol. The van der Waals surface area contributed by atoms with Gasteiger partial charge in [-0.15, -0.1) is 0 Å². The van der Waals surface area contributed by atoms with Crippen molar-refractivity contribution in [2.45, 2.75) is 19.3 Å². The Kier molecular flexibility index (Phi) is 5.51. The standard InChI is InChI=1S/C18H20O2/c1-20-13-5-8-18(19)14-15-9-11-17(12-10-15)16-6-3-2-4-7-16/h2-4,6-7,9-12H,5,8,13-14H2,1H3. The van der Waals surface area contributed by atoms with Gasteiger partial charge in [0.15, 0.2) is 0 Å². The van der Waals surface area contributed by atoms with Gasteiger partial charge in [0.25, 0.3) is 0 Å². The number of carbonyl (C=O) groups is 1. The molecular weight excluding hydrogens is 248 g/mol. The molecule has 2 aromatic rings. The maximum absolute atomic E-state index is 11.8. The first-order valence-electron chi connectivity index (χ1n) is 6.94. The smallest absolute Gasteiger partial charge is 0.137 e. The fourth-order valence-corrected chi connectivity index (χ4v) is 2.18. The predicted octanol–water partition coefficient (Wildman–Crippen LogP) is 3.89. The molecule has 0 spiro atoms. The van der Waals surface area contributed by atoms with Crippen molar-refractivity contribution in [1.29, 1.82) is 0 Å². The van der Waals surface area contributed by atoms with E-state index in [-0.39, 0.29) is 5.78 Å². The minimum Gasteiger partial charge on any atom is -0.385 e. The highest BCUT2D eigenvalue weighted by molar-refractivity contribution is 5.81. The van der Waals surface area contributed by atoms with E-state index >= 15 is 0 Å². The van der Waals surface area contributed by atoms with Gasteiger partial charge in [0.05, 0.1) is 0 Å². The number of ether oxygens (including phenoxy) is 1. The van der Waals surface area contributed by atoms with Crippen LogP contribution in [-0.2, 0) is 16.0 Å². The lowest BCUT2D eigenvalue weighted by atomic mass is 10.0. The van der Waals surface area contributed by atoms with Crippen molar-refractivity contribution in [3.05, 3.63) is 60.2 Å². The van der Waals surface area contributed by atoms with Gasteiger partial charge in [0.1, 0.15) is 5.78 Å². The molecule has 0 heterocycles. The Bertz CT molecular complexity index is 529. The highest BCUT2D eigenvalue weighted by atomic mass is 16.5. The molecule has 0 aliphatic rings. The van der Waals surface area contributed by atoms with Crippen molar-refractivity contribution in [2.75, 3.05) is 13.7 Å². The number of ketones is 1. The second-order valence-electron chi connectivity index (χ2n) is 4.87. The van der Waals surface area contributed by atoms with Gasteiger partial charge in [-0.2, -0.15) is 0 Å². The van der Waals surface area contributed by atoms with Crippen LogP contribution in [0.5, 0.6) is 0 Å². The number of Topliss-reactive ketones (excluding diaryl/α,β-unsaturated/α-hetero) is 1. The summed E-state index contributed by atoms with van der Waals surface area (Å²) in [5.41, 5.74) is 3.46. The van der Waals surface area contributed by atoms with E-state index in [0.29, 0.717) is 19.4 Å². The van der Waals surface area contributed by atoms with Gasteiger partial charge in [-0.05, 0) is 23.1 Å². The van der Waals surface area contributed by atoms with Crippen LogP contribution in [0.3, 0.4) is 0 Å². The molecular formula is C18H20O2. The molecule has 0 aliphatic heterocycles.